The second-order valence-corrected chi connectivity index (χ2v) is 5.07. The third-order valence-corrected chi connectivity index (χ3v) is 3.58. The van der Waals surface area contributed by atoms with Gasteiger partial charge in [-0.3, -0.25) is 0 Å². The fourth-order valence-electron chi connectivity index (χ4n) is 2.51. The van der Waals surface area contributed by atoms with E-state index >= 15 is 0 Å². The van der Waals surface area contributed by atoms with Gasteiger partial charge in [-0.15, -0.1) is 0 Å². The fourth-order valence-corrected chi connectivity index (χ4v) is 2.51. The zero-order chi connectivity index (χ0) is 12.8. The van der Waals surface area contributed by atoms with Crippen LogP contribution in [0.3, 0.4) is 0 Å². The summed E-state index contributed by atoms with van der Waals surface area (Å²) in [6.45, 7) is 4.28. The second-order valence-electron chi connectivity index (χ2n) is 5.07. The smallest absolute Gasteiger partial charge is 0.141 e. The largest absolute Gasteiger partial charge is 0.495 e. The van der Waals surface area contributed by atoms with E-state index < -0.39 is 0 Å². The first kappa shape index (κ1) is 13.2. The molecule has 3 heteroatoms. The molecular weight excluding hydrogens is 224 g/mol. The van der Waals surface area contributed by atoms with Gasteiger partial charge in [-0.1, -0.05) is 12.5 Å². The van der Waals surface area contributed by atoms with Crippen LogP contribution in [-0.4, -0.2) is 26.2 Å². The molecule has 1 fully saturated rings. The van der Waals surface area contributed by atoms with E-state index in [-0.39, 0.29) is 0 Å². The molecular formula is C15H24N2O. The van der Waals surface area contributed by atoms with Crippen LogP contribution in [0.2, 0.25) is 0 Å². The Kier molecular flexibility index (Phi) is 4.88. The standard InChI is InChI=1S/C15H24N2O/c1-12-6-7-15(18-2)14(11-12)17-10-8-13-5-3-4-9-16-13/h6-7,11,13,16-17H,3-5,8-10H2,1-2H3. The van der Waals surface area contributed by atoms with E-state index in [1.807, 2.05) is 6.07 Å². The highest BCUT2D eigenvalue weighted by atomic mass is 16.5. The Balaban J connectivity index is 1.83. The van der Waals surface area contributed by atoms with Crippen LogP contribution in [0.1, 0.15) is 31.2 Å². The highest BCUT2D eigenvalue weighted by Gasteiger charge is 2.12. The average molecular weight is 248 g/mol. The van der Waals surface area contributed by atoms with Crippen molar-refractivity contribution in [1.29, 1.82) is 0 Å². The lowest BCUT2D eigenvalue weighted by molar-refractivity contribution is 0.388. The molecule has 0 radical (unpaired) electrons. The zero-order valence-electron chi connectivity index (χ0n) is 11.5. The van der Waals surface area contributed by atoms with Gasteiger partial charge in [-0.2, -0.15) is 0 Å². The molecule has 1 unspecified atom stereocenters. The molecule has 1 aromatic rings. The Hall–Kier alpha value is -1.22. The van der Waals surface area contributed by atoms with Crippen molar-refractivity contribution in [2.45, 2.75) is 38.6 Å². The van der Waals surface area contributed by atoms with Gasteiger partial charge < -0.3 is 15.4 Å². The van der Waals surface area contributed by atoms with E-state index in [1.54, 1.807) is 7.11 Å². The number of hydrogen-bond acceptors (Lipinski definition) is 3. The van der Waals surface area contributed by atoms with Gasteiger partial charge in [0, 0.05) is 12.6 Å². The van der Waals surface area contributed by atoms with Crippen molar-refractivity contribution < 1.29 is 4.74 Å². The minimum Gasteiger partial charge on any atom is -0.495 e. The molecule has 3 nitrogen and oxygen atoms in total. The Morgan fingerprint density at radius 2 is 2.28 bits per heavy atom. The molecule has 0 bridgehead atoms. The van der Waals surface area contributed by atoms with Crippen LogP contribution in [0.25, 0.3) is 0 Å². The number of aryl methyl sites for hydroxylation is 1. The molecule has 0 spiro atoms. The normalized spacial score (nSPS) is 19.6. The number of methoxy groups -OCH3 is 1. The molecule has 100 valence electrons. The maximum atomic E-state index is 5.36. The lowest BCUT2D eigenvalue weighted by Gasteiger charge is -2.23. The van der Waals surface area contributed by atoms with Crippen molar-refractivity contribution in [1.82, 2.24) is 5.32 Å². The Labute approximate surface area is 110 Å². The molecule has 1 aromatic carbocycles. The van der Waals surface area contributed by atoms with Gasteiger partial charge in [0.15, 0.2) is 0 Å². The topological polar surface area (TPSA) is 33.3 Å². The lowest BCUT2D eigenvalue weighted by atomic mass is 10.0. The van der Waals surface area contributed by atoms with E-state index in [2.05, 4.69) is 29.7 Å². The third-order valence-electron chi connectivity index (χ3n) is 3.58. The van der Waals surface area contributed by atoms with Crippen molar-refractivity contribution in [3.8, 4) is 5.75 Å². The summed E-state index contributed by atoms with van der Waals surface area (Å²) in [6.07, 6.45) is 5.19. The van der Waals surface area contributed by atoms with Gasteiger partial charge in [-0.25, -0.2) is 0 Å². The first-order valence-electron chi connectivity index (χ1n) is 6.91. The van der Waals surface area contributed by atoms with Crippen molar-refractivity contribution in [2.75, 3.05) is 25.5 Å². The number of anilines is 1. The first-order chi connectivity index (χ1) is 8.79. The molecule has 1 atom stereocenters. The molecule has 2 N–H and O–H groups in total. The SMILES string of the molecule is COc1ccc(C)cc1NCCC1CCCCN1. The Morgan fingerprint density at radius 1 is 1.39 bits per heavy atom. The van der Waals surface area contributed by atoms with Crippen LogP contribution in [0.15, 0.2) is 18.2 Å². The van der Waals surface area contributed by atoms with E-state index in [1.165, 1.54) is 37.8 Å². The van der Waals surface area contributed by atoms with Gasteiger partial charge in [0.1, 0.15) is 5.75 Å². The third kappa shape index (κ3) is 3.64. The van der Waals surface area contributed by atoms with Crippen molar-refractivity contribution in [2.24, 2.45) is 0 Å². The Morgan fingerprint density at radius 3 is 3.00 bits per heavy atom. The van der Waals surface area contributed by atoms with Crippen LogP contribution in [0.5, 0.6) is 5.75 Å². The molecule has 18 heavy (non-hydrogen) atoms. The zero-order valence-corrected chi connectivity index (χ0v) is 11.5. The van der Waals surface area contributed by atoms with Crippen LogP contribution in [-0.2, 0) is 0 Å². The molecule has 1 saturated heterocycles. The summed E-state index contributed by atoms with van der Waals surface area (Å²) in [6, 6.07) is 6.93. The molecule has 0 saturated carbocycles. The summed E-state index contributed by atoms with van der Waals surface area (Å²) in [5.74, 6) is 0.928. The number of piperidine rings is 1. The van der Waals surface area contributed by atoms with Crippen molar-refractivity contribution in [3.63, 3.8) is 0 Å². The fraction of sp³-hybridized carbons (Fsp3) is 0.600. The maximum Gasteiger partial charge on any atom is 0.141 e. The molecule has 1 heterocycles. The summed E-state index contributed by atoms with van der Waals surface area (Å²) in [4.78, 5) is 0. The molecule has 2 rings (SSSR count). The van der Waals surface area contributed by atoms with Crippen LogP contribution in [0, 0.1) is 6.92 Å². The maximum absolute atomic E-state index is 5.36. The van der Waals surface area contributed by atoms with Crippen LogP contribution < -0.4 is 15.4 Å². The molecule has 0 amide bonds. The molecule has 1 aliphatic rings. The van der Waals surface area contributed by atoms with Crippen LogP contribution in [0.4, 0.5) is 5.69 Å². The van der Waals surface area contributed by atoms with Crippen LogP contribution >= 0.6 is 0 Å². The molecule has 0 aromatic heterocycles. The molecule has 0 aliphatic carbocycles. The first-order valence-corrected chi connectivity index (χ1v) is 6.91. The minimum absolute atomic E-state index is 0.682. The Bertz CT molecular complexity index is 373. The highest BCUT2D eigenvalue weighted by Crippen LogP contribution is 2.25. The quantitative estimate of drug-likeness (QED) is 0.840. The summed E-state index contributed by atoms with van der Waals surface area (Å²) >= 11 is 0. The second kappa shape index (κ2) is 6.64. The summed E-state index contributed by atoms with van der Waals surface area (Å²) in [5, 5.41) is 7.06. The monoisotopic (exact) mass is 248 g/mol. The number of hydrogen-bond donors (Lipinski definition) is 2. The minimum atomic E-state index is 0.682. The van der Waals surface area contributed by atoms with Gasteiger partial charge in [0.05, 0.1) is 12.8 Å². The summed E-state index contributed by atoms with van der Waals surface area (Å²) < 4.78 is 5.36. The van der Waals surface area contributed by atoms with Gasteiger partial charge in [0.2, 0.25) is 0 Å². The van der Waals surface area contributed by atoms with E-state index in [0.717, 1.165) is 18.0 Å². The van der Waals surface area contributed by atoms with E-state index in [4.69, 9.17) is 4.74 Å². The number of nitrogens with one attached hydrogen (secondary N) is 2. The number of ether oxygens (including phenoxy) is 1. The summed E-state index contributed by atoms with van der Waals surface area (Å²) in [7, 11) is 1.72. The van der Waals surface area contributed by atoms with E-state index in [9.17, 15) is 0 Å². The predicted octanol–water partition coefficient (Wildman–Crippen LogP) is 2.95. The van der Waals surface area contributed by atoms with Crippen molar-refractivity contribution in [3.05, 3.63) is 23.8 Å². The average Bonchev–Trinajstić information content (AvgIpc) is 2.40. The highest BCUT2D eigenvalue weighted by molar-refractivity contribution is 5.57. The molecule has 1 aliphatic heterocycles. The lowest BCUT2D eigenvalue weighted by Crippen LogP contribution is -2.35. The van der Waals surface area contributed by atoms with Crippen molar-refractivity contribution >= 4 is 5.69 Å². The van der Waals surface area contributed by atoms with E-state index in [0.29, 0.717) is 6.04 Å². The van der Waals surface area contributed by atoms with Gasteiger partial charge in [0.25, 0.3) is 0 Å². The van der Waals surface area contributed by atoms with Gasteiger partial charge >= 0.3 is 0 Å². The predicted molar refractivity (Wildman–Crippen MR) is 76.5 cm³/mol. The number of benzene rings is 1. The number of rotatable bonds is 5. The summed E-state index contributed by atoms with van der Waals surface area (Å²) in [5.41, 5.74) is 2.36. The van der Waals surface area contributed by atoms with Gasteiger partial charge in [-0.05, 0) is 50.4 Å².